The Bertz CT molecular complexity index is 274. The predicted molar refractivity (Wildman–Crippen MR) is 43.1 cm³/mol. The summed E-state index contributed by atoms with van der Waals surface area (Å²) in [4.78, 5) is 0. The van der Waals surface area contributed by atoms with Gasteiger partial charge in [0, 0.05) is 12.5 Å². The molecule has 0 amide bonds. The van der Waals surface area contributed by atoms with E-state index in [9.17, 15) is 0 Å². The largest absolute Gasteiger partial charge is 0.0969 e. The van der Waals surface area contributed by atoms with E-state index in [1.165, 1.54) is 0 Å². The molecule has 0 aliphatic carbocycles. The molecule has 1 aromatic carbocycles. The van der Waals surface area contributed by atoms with Gasteiger partial charge in [-0.2, -0.15) is 0 Å². The number of benzene rings is 1. The van der Waals surface area contributed by atoms with Gasteiger partial charge in [-0.3, -0.25) is 0 Å². The van der Waals surface area contributed by atoms with Crippen molar-refractivity contribution >= 4 is 0 Å². The second-order valence-electron chi connectivity index (χ2n) is 2.00. The van der Waals surface area contributed by atoms with Crippen LogP contribution in [0.1, 0.15) is 11.1 Å². The molecule has 2 radical (unpaired) electrons. The average molecular weight is 128 g/mol. The molecule has 0 spiro atoms. The third-order valence-corrected chi connectivity index (χ3v) is 1.16. The second-order valence-corrected chi connectivity index (χ2v) is 2.00. The molecule has 0 heteroatoms. The van der Waals surface area contributed by atoms with Gasteiger partial charge in [-0.05, 0) is 24.6 Å². The Morgan fingerprint density at radius 1 is 1.30 bits per heavy atom. The van der Waals surface area contributed by atoms with Crippen LogP contribution in [0.15, 0.2) is 24.3 Å². The van der Waals surface area contributed by atoms with Crippen molar-refractivity contribution in [2.45, 2.75) is 0 Å². The van der Waals surface area contributed by atoms with Crippen molar-refractivity contribution in [3.63, 3.8) is 0 Å². The molecule has 0 aromatic heterocycles. The molecule has 0 aliphatic rings. The second kappa shape index (κ2) is 3.08. The van der Waals surface area contributed by atoms with Crippen LogP contribution < -0.4 is 0 Å². The first-order valence-corrected chi connectivity index (χ1v) is 3.03. The quantitative estimate of drug-likeness (QED) is 0.469. The lowest BCUT2D eigenvalue weighted by Crippen LogP contribution is -1.74. The Balaban J connectivity index is 3.03. The summed E-state index contributed by atoms with van der Waals surface area (Å²) in [6.45, 7) is 7.20. The summed E-state index contributed by atoms with van der Waals surface area (Å²) in [5.74, 6) is 5.43. The highest BCUT2D eigenvalue weighted by molar-refractivity contribution is 5.38. The lowest BCUT2D eigenvalue weighted by atomic mass is 10.1. The standard InChI is InChI=1S/C10H8/c1-3-5-10-7-4-6-9(2)8-10/h4,6-8H,1-2H2. The van der Waals surface area contributed by atoms with Gasteiger partial charge in [-0.15, -0.1) is 0 Å². The monoisotopic (exact) mass is 128 g/mol. The minimum atomic E-state index is 0.975. The van der Waals surface area contributed by atoms with E-state index in [-0.39, 0.29) is 0 Å². The number of hydrogen-bond donors (Lipinski definition) is 0. The summed E-state index contributed by atoms with van der Waals surface area (Å²) in [6, 6.07) is 7.74. The SMILES string of the molecule is [CH2]C#Cc1cccc([CH2])c1. The van der Waals surface area contributed by atoms with Crippen LogP contribution >= 0.6 is 0 Å². The van der Waals surface area contributed by atoms with Crippen LogP contribution in [0.2, 0.25) is 0 Å². The van der Waals surface area contributed by atoms with Crippen LogP contribution in [0.25, 0.3) is 0 Å². The van der Waals surface area contributed by atoms with E-state index >= 15 is 0 Å². The molecule has 1 rings (SSSR count). The average Bonchev–Trinajstić information content (AvgIpc) is 1.88. The Labute approximate surface area is 61.9 Å². The zero-order chi connectivity index (χ0) is 7.40. The van der Waals surface area contributed by atoms with Crippen molar-refractivity contribution in [2.75, 3.05) is 0 Å². The third-order valence-electron chi connectivity index (χ3n) is 1.16. The van der Waals surface area contributed by atoms with E-state index in [1.807, 2.05) is 24.3 Å². The van der Waals surface area contributed by atoms with Crippen LogP contribution in [0.4, 0.5) is 0 Å². The highest BCUT2D eigenvalue weighted by Gasteiger charge is 1.84. The topological polar surface area (TPSA) is 0 Å². The maximum absolute atomic E-state index is 3.78. The highest BCUT2D eigenvalue weighted by atomic mass is 13.9. The zero-order valence-electron chi connectivity index (χ0n) is 5.72. The highest BCUT2D eigenvalue weighted by Crippen LogP contribution is 2.00. The van der Waals surface area contributed by atoms with Crippen molar-refractivity contribution in [2.24, 2.45) is 0 Å². The summed E-state index contributed by atoms with van der Waals surface area (Å²) in [5.41, 5.74) is 1.96. The first kappa shape index (κ1) is 6.89. The van der Waals surface area contributed by atoms with Gasteiger partial charge in [0.15, 0.2) is 0 Å². The fourth-order valence-electron chi connectivity index (χ4n) is 0.751. The van der Waals surface area contributed by atoms with Crippen molar-refractivity contribution < 1.29 is 0 Å². The van der Waals surface area contributed by atoms with Gasteiger partial charge in [0.25, 0.3) is 0 Å². The fraction of sp³-hybridized carbons (Fsp3) is 0. The summed E-state index contributed by atoms with van der Waals surface area (Å²) in [5, 5.41) is 0. The smallest absolute Gasteiger partial charge is 0.0247 e. The van der Waals surface area contributed by atoms with Crippen molar-refractivity contribution in [1.29, 1.82) is 0 Å². The van der Waals surface area contributed by atoms with Gasteiger partial charge in [0.05, 0.1) is 0 Å². The molecular formula is C10H8. The van der Waals surface area contributed by atoms with Gasteiger partial charge >= 0.3 is 0 Å². The van der Waals surface area contributed by atoms with E-state index in [1.54, 1.807) is 0 Å². The van der Waals surface area contributed by atoms with Gasteiger partial charge < -0.3 is 0 Å². The number of hydrogen-bond acceptors (Lipinski definition) is 0. The van der Waals surface area contributed by atoms with E-state index in [2.05, 4.69) is 25.7 Å². The molecule has 0 saturated heterocycles. The molecule has 0 atom stereocenters. The Morgan fingerprint density at radius 3 is 2.70 bits per heavy atom. The zero-order valence-corrected chi connectivity index (χ0v) is 5.72. The van der Waals surface area contributed by atoms with Crippen molar-refractivity contribution in [3.8, 4) is 11.8 Å². The number of rotatable bonds is 0. The molecule has 0 unspecified atom stereocenters. The Morgan fingerprint density at radius 2 is 2.10 bits per heavy atom. The van der Waals surface area contributed by atoms with Crippen LogP contribution in [-0.2, 0) is 0 Å². The van der Waals surface area contributed by atoms with Crippen LogP contribution in [0.5, 0.6) is 0 Å². The fourth-order valence-corrected chi connectivity index (χ4v) is 0.751. The molecule has 1 aromatic rings. The summed E-state index contributed by atoms with van der Waals surface area (Å²) in [6.07, 6.45) is 0. The first-order chi connectivity index (χ1) is 4.83. The molecule has 0 fully saturated rings. The van der Waals surface area contributed by atoms with E-state index in [4.69, 9.17) is 0 Å². The van der Waals surface area contributed by atoms with Crippen molar-refractivity contribution in [3.05, 3.63) is 49.2 Å². The molecule has 10 heavy (non-hydrogen) atoms. The van der Waals surface area contributed by atoms with Gasteiger partial charge in [0.1, 0.15) is 0 Å². The summed E-state index contributed by atoms with van der Waals surface area (Å²) >= 11 is 0. The predicted octanol–water partition coefficient (Wildman–Crippen LogP) is 2.05. The minimum Gasteiger partial charge on any atom is -0.0969 e. The third kappa shape index (κ3) is 1.63. The minimum absolute atomic E-state index is 0.975. The van der Waals surface area contributed by atoms with E-state index in [0.29, 0.717) is 0 Å². The van der Waals surface area contributed by atoms with Crippen LogP contribution in [-0.4, -0.2) is 0 Å². The molecule has 0 nitrogen and oxygen atoms in total. The molecule has 0 saturated carbocycles. The maximum Gasteiger partial charge on any atom is 0.0247 e. The molecule has 48 valence electrons. The Kier molecular flexibility index (Phi) is 2.12. The molecule has 0 aliphatic heterocycles. The van der Waals surface area contributed by atoms with Gasteiger partial charge in [-0.25, -0.2) is 0 Å². The van der Waals surface area contributed by atoms with Crippen LogP contribution in [0.3, 0.4) is 0 Å². The molecular weight excluding hydrogens is 120 g/mol. The lowest BCUT2D eigenvalue weighted by Gasteiger charge is -1.90. The normalized spacial score (nSPS) is 8.20. The molecule has 0 heterocycles. The van der Waals surface area contributed by atoms with Crippen LogP contribution in [0, 0.1) is 25.7 Å². The molecule has 0 N–H and O–H groups in total. The lowest BCUT2D eigenvalue weighted by molar-refractivity contribution is 1.57. The Hall–Kier alpha value is -1.22. The molecule has 0 bridgehead atoms. The van der Waals surface area contributed by atoms with Gasteiger partial charge in [0.2, 0.25) is 0 Å². The first-order valence-electron chi connectivity index (χ1n) is 3.03. The van der Waals surface area contributed by atoms with E-state index in [0.717, 1.165) is 11.1 Å². The summed E-state index contributed by atoms with van der Waals surface area (Å²) < 4.78 is 0. The van der Waals surface area contributed by atoms with Crippen molar-refractivity contribution in [1.82, 2.24) is 0 Å². The van der Waals surface area contributed by atoms with E-state index < -0.39 is 0 Å². The van der Waals surface area contributed by atoms with Gasteiger partial charge in [-0.1, -0.05) is 24.0 Å². The summed E-state index contributed by atoms with van der Waals surface area (Å²) in [7, 11) is 0. The maximum atomic E-state index is 3.78.